The highest BCUT2D eigenvalue weighted by Gasteiger charge is 2.28. The van der Waals surface area contributed by atoms with Crippen LogP contribution >= 0.6 is 7.82 Å². The lowest BCUT2D eigenvalue weighted by atomic mass is 10.0. The Kier molecular flexibility index (Phi) is 45.1. The Morgan fingerprint density at radius 2 is 0.844 bits per heavy atom. The molecule has 0 rings (SSSR count). The lowest BCUT2D eigenvalue weighted by Crippen LogP contribution is -2.34. The molecular weight excluding hydrogens is 830 g/mol. The molecule has 0 fully saturated rings. The van der Waals surface area contributed by atoms with E-state index in [1.54, 1.807) is 0 Å². The van der Waals surface area contributed by atoms with Crippen LogP contribution in [0, 0.1) is 0 Å². The van der Waals surface area contributed by atoms with Crippen molar-refractivity contribution in [3.05, 3.63) is 48.6 Å². The molecule has 0 aliphatic heterocycles. The summed E-state index contributed by atoms with van der Waals surface area (Å²) in [6, 6.07) is -1.53. The summed E-state index contributed by atoms with van der Waals surface area (Å²) in [5.41, 5.74) is 5.34. The molecule has 11 nitrogen and oxygen atoms in total. The van der Waals surface area contributed by atoms with Gasteiger partial charge in [0.15, 0.2) is 6.10 Å². The Morgan fingerprint density at radius 3 is 1.28 bits per heavy atom. The third-order valence-corrected chi connectivity index (χ3v) is 12.0. The monoisotopic (exact) mass is 924 g/mol. The van der Waals surface area contributed by atoms with Crippen LogP contribution < -0.4 is 5.73 Å². The molecule has 372 valence electrons. The van der Waals surface area contributed by atoms with Crippen molar-refractivity contribution >= 4 is 25.7 Å². The summed E-state index contributed by atoms with van der Waals surface area (Å²) in [7, 11) is -4.74. The Labute approximate surface area is 390 Å². The van der Waals surface area contributed by atoms with E-state index in [2.05, 4.69) is 54.8 Å². The van der Waals surface area contributed by atoms with Crippen molar-refractivity contribution in [2.24, 2.45) is 5.73 Å². The first kappa shape index (κ1) is 61.4. The van der Waals surface area contributed by atoms with E-state index in [1.807, 2.05) is 12.2 Å². The fraction of sp³-hybridized carbons (Fsp3) is 0.788. The van der Waals surface area contributed by atoms with Crippen molar-refractivity contribution in [3.63, 3.8) is 0 Å². The fourth-order valence-electron chi connectivity index (χ4n) is 7.01. The first-order valence-corrected chi connectivity index (χ1v) is 27.2. The number of carboxylic acid groups (broad SMARTS) is 1. The number of carbonyl (C=O) groups excluding carboxylic acids is 2. The highest BCUT2D eigenvalue weighted by Crippen LogP contribution is 2.43. The van der Waals surface area contributed by atoms with E-state index in [0.717, 1.165) is 32.1 Å². The normalized spacial score (nSPS) is 13.9. The number of carbonyl (C=O) groups is 3. The van der Waals surface area contributed by atoms with E-state index in [0.29, 0.717) is 25.7 Å². The molecule has 0 aliphatic carbocycles. The summed E-state index contributed by atoms with van der Waals surface area (Å²) >= 11 is 0. The van der Waals surface area contributed by atoms with Gasteiger partial charge in [-0.15, -0.1) is 0 Å². The summed E-state index contributed by atoms with van der Waals surface area (Å²) in [5, 5.41) is 8.91. The number of ether oxygens (including phenoxy) is 2. The van der Waals surface area contributed by atoms with Crippen molar-refractivity contribution in [2.45, 2.75) is 244 Å². The van der Waals surface area contributed by atoms with Gasteiger partial charge in [0.1, 0.15) is 12.6 Å². The highest BCUT2D eigenvalue weighted by atomic mass is 31.2. The fourth-order valence-corrected chi connectivity index (χ4v) is 7.79. The molecule has 0 amide bonds. The van der Waals surface area contributed by atoms with Gasteiger partial charge in [-0.2, -0.15) is 0 Å². The Hall–Kier alpha value is -2.56. The minimum absolute atomic E-state index is 0.0927. The second-order valence-corrected chi connectivity index (χ2v) is 18.7. The number of rotatable bonds is 48. The second-order valence-electron chi connectivity index (χ2n) is 17.3. The van der Waals surface area contributed by atoms with Gasteiger partial charge < -0.3 is 25.2 Å². The van der Waals surface area contributed by atoms with E-state index in [4.69, 9.17) is 24.8 Å². The third-order valence-electron chi connectivity index (χ3n) is 11.0. The molecule has 64 heavy (non-hydrogen) atoms. The summed E-state index contributed by atoms with van der Waals surface area (Å²) in [4.78, 5) is 46.1. The summed E-state index contributed by atoms with van der Waals surface area (Å²) in [5.74, 6) is -2.48. The van der Waals surface area contributed by atoms with Crippen molar-refractivity contribution in [3.8, 4) is 0 Å². The van der Waals surface area contributed by atoms with Gasteiger partial charge >= 0.3 is 25.7 Å². The van der Waals surface area contributed by atoms with Crippen molar-refractivity contribution in [1.82, 2.24) is 0 Å². The first-order chi connectivity index (χ1) is 31.1. The Bertz CT molecular complexity index is 1270. The van der Waals surface area contributed by atoms with Gasteiger partial charge in [-0.3, -0.25) is 23.4 Å². The van der Waals surface area contributed by atoms with Crippen LogP contribution in [0.4, 0.5) is 0 Å². The number of aliphatic carboxylic acids is 1. The molecule has 1 unspecified atom stereocenters. The maximum Gasteiger partial charge on any atom is 0.472 e. The molecule has 0 aromatic rings. The van der Waals surface area contributed by atoms with Crippen LogP contribution in [0.25, 0.3) is 0 Å². The quantitative estimate of drug-likeness (QED) is 0.0229. The lowest BCUT2D eigenvalue weighted by Gasteiger charge is -2.20. The number of hydrogen-bond acceptors (Lipinski definition) is 9. The number of unbranched alkanes of at least 4 members (excludes halogenated alkanes) is 26. The number of phosphoric acid groups is 1. The number of allylic oxidation sites excluding steroid dienone is 8. The van der Waals surface area contributed by atoms with Crippen LogP contribution in [0.3, 0.4) is 0 Å². The van der Waals surface area contributed by atoms with Crippen LogP contribution in [0.5, 0.6) is 0 Å². The van der Waals surface area contributed by atoms with Crippen LogP contribution in [-0.2, 0) is 37.5 Å². The summed E-state index contributed by atoms with van der Waals surface area (Å²) in [6.07, 6.45) is 54.9. The number of esters is 2. The van der Waals surface area contributed by atoms with Gasteiger partial charge in [0.05, 0.1) is 13.2 Å². The van der Waals surface area contributed by atoms with Crippen LogP contribution in [0.2, 0.25) is 0 Å². The molecule has 12 heteroatoms. The van der Waals surface area contributed by atoms with Gasteiger partial charge in [0.25, 0.3) is 0 Å². The van der Waals surface area contributed by atoms with E-state index >= 15 is 0 Å². The van der Waals surface area contributed by atoms with Gasteiger partial charge in [-0.1, -0.05) is 197 Å². The largest absolute Gasteiger partial charge is 0.480 e. The molecule has 0 spiro atoms. The molecule has 0 saturated carbocycles. The van der Waals surface area contributed by atoms with Gasteiger partial charge in [0, 0.05) is 12.8 Å². The number of phosphoric ester groups is 1. The van der Waals surface area contributed by atoms with Gasteiger partial charge in [-0.05, 0) is 70.6 Å². The van der Waals surface area contributed by atoms with Crippen LogP contribution in [0.1, 0.15) is 232 Å². The molecule has 0 bridgehead atoms. The van der Waals surface area contributed by atoms with Crippen LogP contribution in [-0.4, -0.2) is 59.9 Å². The van der Waals surface area contributed by atoms with Crippen molar-refractivity contribution in [1.29, 1.82) is 0 Å². The minimum atomic E-state index is -4.74. The van der Waals surface area contributed by atoms with Crippen molar-refractivity contribution in [2.75, 3.05) is 19.8 Å². The zero-order valence-electron chi connectivity index (χ0n) is 40.6. The average molecular weight is 924 g/mol. The van der Waals surface area contributed by atoms with E-state index in [-0.39, 0.29) is 19.4 Å². The SMILES string of the molecule is CCCCCCCCCCC/C=C/C/C=C/CCCC(=O)OC[C@@H](COP(=O)(O)OC[C@H](N)C(=O)O)OC(=O)CCC/C=C/CC/C=C/CCCCCCCCCCCCCCCC. The number of hydrogen-bond donors (Lipinski definition) is 3. The minimum Gasteiger partial charge on any atom is -0.480 e. The lowest BCUT2D eigenvalue weighted by molar-refractivity contribution is -0.161. The molecule has 0 aliphatic rings. The molecular formula is C52H94NO10P. The average Bonchev–Trinajstić information content (AvgIpc) is 3.27. The highest BCUT2D eigenvalue weighted by molar-refractivity contribution is 7.47. The standard InChI is InChI=1S/C52H94NO10P/c1-3-5-7-9-11-13-15-17-19-21-22-23-24-25-26-28-30-32-34-36-38-40-42-44-51(55)63-48(46-61-64(58,59)62-47-49(53)52(56)57)45-60-50(54)43-41-39-37-35-33-31-29-27-20-18-16-14-12-10-8-6-4-2/h28-31,35-38,48-49H,3-27,32-34,39-47,53H2,1-2H3,(H,56,57)(H,58,59)/b30-28+,31-29+,37-35+,38-36+/t48-,49-/m0/s1. The maximum absolute atomic E-state index is 12.7. The molecule has 3 atom stereocenters. The molecule has 0 aromatic carbocycles. The number of carboxylic acids is 1. The maximum atomic E-state index is 12.7. The second kappa shape index (κ2) is 47.0. The van der Waals surface area contributed by atoms with E-state index in [9.17, 15) is 23.8 Å². The Morgan fingerprint density at radius 1 is 0.484 bits per heavy atom. The van der Waals surface area contributed by atoms with Gasteiger partial charge in [0.2, 0.25) is 0 Å². The predicted molar refractivity (Wildman–Crippen MR) is 263 cm³/mol. The molecule has 0 heterocycles. The number of nitrogens with two attached hydrogens (primary N) is 1. The zero-order valence-corrected chi connectivity index (χ0v) is 41.5. The Balaban J connectivity index is 4.34. The summed E-state index contributed by atoms with van der Waals surface area (Å²) in [6.45, 7) is 2.75. The van der Waals surface area contributed by atoms with E-state index < -0.39 is 51.1 Å². The zero-order chi connectivity index (χ0) is 47.0. The molecule has 4 N–H and O–H groups in total. The van der Waals surface area contributed by atoms with Crippen LogP contribution in [0.15, 0.2) is 48.6 Å². The van der Waals surface area contributed by atoms with Crippen molar-refractivity contribution < 1.29 is 47.5 Å². The smallest absolute Gasteiger partial charge is 0.472 e. The third kappa shape index (κ3) is 46.0. The summed E-state index contributed by atoms with van der Waals surface area (Å²) < 4.78 is 32.7. The molecule has 0 saturated heterocycles. The first-order valence-electron chi connectivity index (χ1n) is 25.7. The predicted octanol–water partition coefficient (Wildman–Crippen LogP) is 14.5. The topological polar surface area (TPSA) is 172 Å². The molecule has 0 radical (unpaired) electrons. The molecule has 0 aromatic heterocycles. The van der Waals surface area contributed by atoms with E-state index in [1.165, 1.54) is 148 Å². The van der Waals surface area contributed by atoms with Gasteiger partial charge in [-0.25, -0.2) is 4.57 Å².